The molecule has 32 heavy (non-hydrogen) atoms. The van der Waals surface area contributed by atoms with Gasteiger partial charge in [-0.1, -0.05) is 35.9 Å². The van der Waals surface area contributed by atoms with Crippen LogP contribution in [0.4, 0.5) is 0 Å². The Morgan fingerprint density at radius 2 is 1.72 bits per heavy atom. The molecule has 4 rings (SSSR count). The largest absolute Gasteiger partial charge is 0.339 e. The molecular weight excluding hydrogens is 404 g/mol. The predicted molar refractivity (Wildman–Crippen MR) is 121 cm³/mol. The maximum Gasteiger partial charge on any atom is 0.263 e. The van der Waals surface area contributed by atoms with Crippen LogP contribution in [0.2, 0.25) is 0 Å². The minimum Gasteiger partial charge on any atom is -0.339 e. The van der Waals surface area contributed by atoms with Crippen molar-refractivity contribution >= 4 is 11.8 Å². The van der Waals surface area contributed by atoms with Crippen LogP contribution in [0.3, 0.4) is 0 Å². The molecule has 1 aliphatic heterocycles. The highest BCUT2D eigenvalue weighted by Crippen LogP contribution is 2.10. The minimum absolute atomic E-state index is 0.00368. The first-order chi connectivity index (χ1) is 15.5. The molecule has 0 bridgehead atoms. The van der Waals surface area contributed by atoms with E-state index in [0.29, 0.717) is 32.7 Å². The van der Waals surface area contributed by atoms with Gasteiger partial charge in [-0.2, -0.15) is 0 Å². The molecule has 7 heteroatoms. The van der Waals surface area contributed by atoms with Crippen molar-refractivity contribution < 1.29 is 9.59 Å². The molecular formula is C25H26N4O3. The molecule has 3 heterocycles. The van der Waals surface area contributed by atoms with Gasteiger partial charge in [0.2, 0.25) is 5.91 Å². The summed E-state index contributed by atoms with van der Waals surface area (Å²) in [5.41, 5.74) is 2.73. The van der Waals surface area contributed by atoms with Gasteiger partial charge in [-0.25, -0.2) is 0 Å². The lowest BCUT2D eigenvalue weighted by molar-refractivity contribution is -0.132. The number of aryl methyl sites for hydroxylation is 1. The predicted octanol–water partition coefficient (Wildman–Crippen LogP) is 2.13. The van der Waals surface area contributed by atoms with Crippen molar-refractivity contribution in [1.29, 1.82) is 0 Å². The average molecular weight is 431 g/mol. The van der Waals surface area contributed by atoms with Crippen molar-refractivity contribution in [3.8, 4) is 0 Å². The maximum atomic E-state index is 13.0. The third-order valence-electron chi connectivity index (χ3n) is 5.66. The van der Waals surface area contributed by atoms with E-state index >= 15 is 0 Å². The highest BCUT2D eigenvalue weighted by molar-refractivity contribution is 5.94. The highest BCUT2D eigenvalue weighted by atomic mass is 16.2. The molecule has 0 spiro atoms. The van der Waals surface area contributed by atoms with Crippen LogP contribution in [0.5, 0.6) is 0 Å². The molecule has 1 aliphatic rings. The Morgan fingerprint density at radius 1 is 0.938 bits per heavy atom. The van der Waals surface area contributed by atoms with Crippen molar-refractivity contribution in [2.45, 2.75) is 19.9 Å². The Balaban J connectivity index is 1.40. The van der Waals surface area contributed by atoms with Crippen LogP contribution in [-0.2, 0) is 17.8 Å². The van der Waals surface area contributed by atoms with Crippen LogP contribution in [0.1, 0.15) is 27.2 Å². The van der Waals surface area contributed by atoms with Gasteiger partial charge in [-0.15, -0.1) is 0 Å². The van der Waals surface area contributed by atoms with Crippen LogP contribution < -0.4 is 5.56 Å². The second-order valence-corrected chi connectivity index (χ2v) is 8.01. The molecule has 0 unspecified atom stereocenters. The molecule has 164 valence electrons. The van der Waals surface area contributed by atoms with Gasteiger partial charge >= 0.3 is 0 Å². The number of hydrogen-bond acceptors (Lipinski definition) is 4. The first-order valence-electron chi connectivity index (χ1n) is 10.7. The minimum atomic E-state index is -0.298. The normalized spacial score (nSPS) is 13.8. The summed E-state index contributed by atoms with van der Waals surface area (Å²) in [6, 6.07) is 16.8. The fourth-order valence-electron chi connectivity index (χ4n) is 3.93. The van der Waals surface area contributed by atoms with E-state index in [1.807, 2.05) is 49.4 Å². The van der Waals surface area contributed by atoms with E-state index in [2.05, 4.69) is 4.98 Å². The number of rotatable bonds is 5. The molecule has 0 N–H and O–H groups in total. The van der Waals surface area contributed by atoms with E-state index in [0.717, 1.165) is 16.8 Å². The molecule has 1 aromatic carbocycles. The van der Waals surface area contributed by atoms with Gasteiger partial charge in [-0.3, -0.25) is 19.4 Å². The standard InChI is InChI=1S/C25H26N4O3/c1-19-6-4-7-20(16-19)18-29-11-5-9-22(25(29)32)24(31)28-14-12-27(13-15-28)23(30)17-21-8-2-3-10-26-21/h2-11,16H,12-15,17-18H2,1H3. The van der Waals surface area contributed by atoms with Gasteiger partial charge in [0.25, 0.3) is 11.5 Å². The molecule has 0 saturated carbocycles. The van der Waals surface area contributed by atoms with Gasteiger partial charge in [0.1, 0.15) is 5.56 Å². The Labute approximate surface area is 186 Å². The van der Waals surface area contributed by atoms with Crippen LogP contribution in [-0.4, -0.2) is 57.3 Å². The highest BCUT2D eigenvalue weighted by Gasteiger charge is 2.26. The lowest BCUT2D eigenvalue weighted by Gasteiger charge is -2.34. The fourth-order valence-corrected chi connectivity index (χ4v) is 3.93. The first-order valence-corrected chi connectivity index (χ1v) is 10.7. The van der Waals surface area contributed by atoms with Gasteiger partial charge in [-0.05, 0) is 36.8 Å². The monoisotopic (exact) mass is 430 g/mol. The summed E-state index contributed by atoms with van der Waals surface area (Å²) in [6.07, 6.45) is 3.62. The van der Waals surface area contributed by atoms with Crippen LogP contribution in [0.25, 0.3) is 0 Å². The van der Waals surface area contributed by atoms with E-state index in [9.17, 15) is 14.4 Å². The van der Waals surface area contributed by atoms with E-state index in [4.69, 9.17) is 0 Å². The topological polar surface area (TPSA) is 75.5 Å². The van der Waals surface area contributed by atoms with E-state index in [-0.39, 0.29) is 29.4 Å². The molecule has 7 nitrogen and oxygen atoms in total. The van der Waals surface area contributed by atoms with E-state index < -0.39 is 0 Å². The van der Waals surface area contributed by atoms with E-state index in [1.165, 1.54) is 0 Å². The summed E-state index contributed by atoms with van der Waals surface area (Å²) in [5, 5.41) is 0. The third kappa shape index (κ3) is 4.94. The lowest BCUT2D eigenvalue weighted by atomic mass is 10.1. The summed E-state index contributed by atoms with van der Waals surface area (Å²) >= 11 is 0. The average Bonchev–Trinajstić information content (AvgIpc) is 2.81. The molecule has 3 aromatic rings. The van der Waals surface area contributed by atoms with E-state index in [1.54, 1.807) is 38.9 Å². The first kappa shape index (κ1) is 21.5. The number of pyridine rings is 2. The van der Waals surface area contributed by atoms with Crippen molar-refractivity contribution in [1.82, 2.24) is 19.4 Å². The number of aromatic nitrogens is 2. The Hall–Kier alpha value is -3.74. The van der Waals surface area contributed by atoms with Gasteiger partial charge in [0.05, 0.1) is 13.0 Å². The molecule has 2 aromatic heterocycles. The Kier molecular flexibility index (Phi) is 6.44. The summed E-state index contributed by atoms with van der Waals surface area (Å²) in [4.78, 5) is 46.1. The Morgan fingerprint density at radius 3 is 2.44 bits per heavy atom. The van der Waals surface area contributed by atoms with Gasteiger partial charge in [0, 0.05) is 44.3 Å². The van der Waals surface area contributed by atoms with Gasteiger partial charge in [0.15, 0.2) is 0 Å². The van der Waals surface area contributed by atoms with Crippen molar-refractivity contribution in [3.63, 3.8) is 0 Å². The lowest BCUT2D eigenvalue weighted by Crippen LogP contribution is -2.51. The molecule has 0 atom stereocenters. The number of amides is 2. The zero-order valence-electron chi connectivity index (χ0n) is 18.1. The van der Waals surface area contributed by atoms with Crippen LogP contribution >= 0.6 is 0 Å². The SMILES string of the molecule is Cc1cccc(Cn2cccc(C(=O)N3CCN(C(=O)Cc4ccccn4)CC3)c2=O)c1. The smallest absolute Gasteiger partial charge is 0.263 e. The van der Waals surface area contributed by atoms with Crippen molar-refractivity contribution in [2.75, 3.05) is 26.2 Å². The number of carbonyl (C=O) groups is 2. The molecule has 2 amide bonds. The second kappa shape index (κ2) is 9.60. The summed E-state index contributed by atoms with van der Waals surface area (Å²) in [6.45, 7) is 4.12. The van der Waals surface area contributed by atoms with Crippen molar-refractivity contribution in [2.24, 2.45) is 0 Å². The van der Waals surface area contributed by atoms with Crippen molar-refractivity contribution in [3.05, 3.63) is 99.7 Å². The molecule has 1 fully saturated rings. The number of carbonyl (C=O) groups excluding carboxylic acids is 2. The van der Waals surface area contributed by atoms with Crippen LogP contribution in [0.15, 0.2) is 71.8 Å². The maximum absolute atomic E-state index is 13.0. The summed E-state index contributed by atoms with van der Waals surface area (Å²) < 4.78 is 1.56. The number of benzene rings is 1. The third-order valence-corrected chi connectivity index (χ3v) is 5.66. The second-order valence-electron chi connectivity index (χ2n) is 8.01. The zero-order valence-corrected chi connectivity index (χ0v) is 18.1. The number of nitrogens with zero attached hydrogens (tertiary/aromatic N) is 4. The zero-order chi connectivity index (χ0) is 22.5. The molecule has 0 aliphatic carbocycles. The quantitative estimate of drug-likeness (QED) is 0.622. The van der Waals surface area contributed by atoms with Crippen LogP contribution in [0, 0.1) is 6.92 Å². The summed E-state index contributed by atoms with van der Waals surface area (Å²) in [5.74, 6) is -0.290. The van der Waals surface area contributed by atoms with Gasteiger partial charge < -0.3 is 14.4 Å². The number of hydrogen-bond donors (Lipinski definition) is 0. The fraction of sp³-hybridized carbons (Fsp3) is 0.280. The molecule has 1 saturated heterocycles. The molecule has 0 radical (unpaired) electrons. The number of piperazine rings is 1. The summed E-state index contributed by atoms with van der Waals surface area (Å²) in [7, 11) is 0. The Bertz CT molecular complexity index is 1170.